The van der Waals surface area contributed by atoms with E-state index < -0.39 is 0 Å². The van der Waals surface area contributed by atoms with E-state index in [9.17, 15) is 0 Å². The second-order valence-electron chi connectivity index (χ2n) is 2.63. The molecule has 2 N–H and O–H groups in total. The monoisotopic (exact) mass is 130 g/mol. The van der Waals surface area contributed by atoms with Gasteiger partial charge in [-0.3, -0.25) is 0 Å². The minimum atomic E-state index is 0. The van der Waals surface area contributed by atoms with Crippen molar-refractivity contribution in [1.29, 1.82) is 0 Å². The Morgan fingerprint density at radius 3 is 1.78 bits per heavy atom. The molecule has 0 amide bonds. The SMILES string of the molecule is C.CC1CNCC(C)N1. The third-order valence-electron chi connectivity index (χ3n) is 1.47. The van der Waals surface area contributed by atoms with E-state index in [1.807, 2.05) is 0 Å². The zero-order chi connectivity index (χ0) is 5.98. The summed E-state index contributed by atoms with van der Waals surface area (Å²) in [7, 11) is 0. The first kappa shape index (κ1) is 8.92. The van der Waals surface area contributed by atoms with Crippen molar-refractivity contribution in [1.82, 2.24) is 10.6 Å². The highest BCUT2D eigenvalue weighted by Gasteiger charge is 2.11. The molecule has 0 radical (unpaired) electrons. The fourth-order valence-electron chi connectivity index (χ4n) is 1.12. The lowest BCUT2D eigenvalue weighted by Crippen LogP contribution is -2.52. The molecule has 0 bridgehead atoms. The summed E-state index contributed by atoms with van der Waals surface area (Å²) in [4.78, 5) is 0. The molecule has 0 aromatic carbocycles. The van der Waals surface area contributed by atoms with Crippen LogP contribution < -0.4 is 10.6 Å². The summed E-state index contributed by atoms with van der Waals surface area (Å²) in [6, 6.07) is 1.30. The highest BCUT2D eigenvalue weighted by atomic mass is 15.1. The maximum absolute atomic E-state index is 3.42. The fraction of sp³-hybridized carbons (Fsp3) is 1.00. The molecule has 1 fully saturated rings. The molecule has 2 atom stereocenters. The van der Waals surface area contributed by atoms with Crippen LogP contribution in [-0.4, -0.2) is 25.2 Å². The first-order valence-corrected chi connectivity index (χ1v) is 3.26. The van der Waals surface area contributed by atoms with Gasteiger partial charge in [0.2, 0.25) is 0 Å². The maximum Gasteiger partial charge on any atom is 0.0167 e. The van der Waals surface area contributed by atoms with E-state index in [1.165, 1.54) is 0 Å². The van der Waals surface area contributed by atoms with Crippen LogP contribution in [0, 0.1) is 0 Å². The molecule has 0 spiro atoms. The lowest BCUT2D eigenvalue weighted by Gasteiger charge is -2.26. The third-order valence-corrected chi connectivity index (χ3v) is 1.47. The van der Waals surface area contributed by atoms with Crippen LogP contribution in [0.15, 0.2) is 0 Å². The van der Waals surface area contributed by atoms with Gasteiger partial charge in [0.25, 0.3) is 0 Å². The summed E-state index contributed by atoms with van der Waals surface area (Å²) in [6.45, 7) is 6.62. The maximum atomic E-state index is 3.42. The molecule has 56 valence electrons. The Labute approximate surface area is 58.0 Å². The van der Waals surface area contributed by atoms with Gasteiger partial charge in [-0.05, 0) is 13.8 Å². The molecule has 0 aliphatic carbocycles. The van der Waals surface area contributed by atoms with Crippen LogP contribution in [0.5, 0.6) is 0 Å². The number of nitrogens with one attached hydrogen (secondary N) is 2. The number of hydrogen-bond donors (Lipinski definition) is 2. The predicted molar refractivity (Wildman–Crippen MR) is 41.7 cm³/mol. The standard InChI is InChI=1S/C6H14N2.CH4/c1-5-3-7-4-6(2)8-5;/h5-8H,3-4H2,1-2H3;1H4. The molecule has 1 aliphatic heterocycles. The zero-order valence-electron chi connectivity index (χ0n) is 5.57. The first-order valence-electron chi connectivity index (χ1n) is 3.26. The van der Waals surface area contributed by atoms with Crippen molar-refractivity contribution >= 4 is 0 Å². The van der Waals surface area contributed by atoms with Crippen molar-refractivity contribution in [3.05, 3.63) is 0 Å². The molecule has 1 saturated heterocycles. The number of piperazine rings is 1. The molecule has 0 aromatic rings. The van der Waals surface area contributed by atoms with E-state index in [4.69, 9.17) is 0 Å². The number of rotatable bonds is 0. The van der Waals surface area contributed by atoms with Crippen molar-refractivity contribution in [3.8, 4) is 0 Å². The summed E-state index contributed by atoms with van der Waals surface area (Å²) in [5.41, 5.74) is 0. The highest BCUT2D eigenvalue weighted by Crippen LogP contribution is 1.90. The van der Waals surface area contributed by atoms with Crippen molar-refractivity contribution in [3.63, 3.8) is 0 Å². The summed E-state index contributed by atoms with van der Waals surface area (Å²) >= 11 is 0. The van der Waals surface area contributed by atoms with Crippen molar-refractivity contribution in [2.45, 2.75) is 33.4 Å². The average molecular weight is 130 g/mol. The highest BCUT2D eigenvalue weighted by molar-refractivity contribution is 4.76. The van der Waals surface area contributed by atoms with Gasteiger partial charge in [-0.25, -0.2) is 0 Å². The topological polar surface area (TPSA) is 24.1 Å². The molecule has 0 saturated carbocycles. The van der Waals surface area contributed by atoms with Crippen LogP contribution in [0.25, 0.3) is 0 Å². The molecule has 1 heterocycles. The number of hydrogen-bond acceptors (Lipinski definition) is 2. The quantitative estimate of drug-likeness (QED) is 0.501. The molecule has 2 nitrogen and oxygen atoms in total. The third kappa shape index (κ3) is 2.82. The lowest BCUT2D eigenvalue weighted by atomic mass is 10.2. The van der Waals surface area contributed by atoms with E-state index in [0.717, 1.165) is 13.1 Å². The molecular weight excluding hydrogens is 112 g/mol. The average Bonchev–Trinajstić information content (AvgIpc) is 1.64. The van der Waals surface area contributed by atoms with Crippen LogP contribution in [0.4, 0.5) is 0 Å². The first-order chi connectivity index (χ1) is 3.79. The van der Waals surface area contributed by atoms with Gasteiger partial charge in [-0.15, -0.1) is 0 Å². The van der Waals surface area contributed by atoms with Crippen molar-refractivity contribution in [2.24, 2.45) is 0 Å². The largest absolute Gasteiger partial charge is 0.314 e. The summed E-state index contributed by atoms with van der Waals surface area (Å²) in [5.74, 6) is 0. The van der Waals surface area contributed by atoms with Gasteiger partial charge in [-0.2, -0.15) is 0 Å². The molecule has 1 rings (SSSR count). The lowest BCUT2D eigenvalue weighted by molar-refractivity contribution is 0.370. The Balaban J connectivity index is 0.000000640. The fourth-order valence-corrected chi connectivity index (χ4v) is 1.12. The van der Waals surface area contributed by atoms with Gasteiger partial charge in [0.15, 0.2) is 0 Å². The summed E-state index contributed by atoms with van der Waals surface area (Å²) < 4.78 is 0. The van der Waals surface area contributed by atoms with E-state index in [1.54, 1.807) is 0 Å². The van der Waals surface area contributed by atoms with E-state index in [0.29, 0.717) is 12.1 Å². The second-order valence-corrected chi connectivity index (χ2v) is 2.63. The Morgan fingerprint density at radius 1 is 1.11 bits per heavy atom. The Morgan fingerprint density at radius 2 is 1.56 bits per heavy atom. The Kier molecular flexibility index (Phi) is 3.82. The predicted octanol–water partition coefficient (Wildman–Crippen LogP) is 0.592. The normalized spacial score (nSPS) is 35.3. The molecular formula is C7H18N2. The molecule has 1 aliphatic rings. The van der Waals surface area contributed by atoms with Gasteiger partial charge in [0.05, 0.1) is 0 Å². The molecule has 2 heteroatoms. The van der Waals surface area contributed by atoms with E-state index in [-0.39, 0.29) is 7.43 Å². The van der Waals surface area contributed by atoms with Gasteiger partial charge in [-0.1, -0.05) is 7.43 Å². The van der Waals surface area contributed by atoms with Crippen molar-refractivity contribution < 1.29 is 0 Å². The Bertz CT molecular complexity index is 65.3. The van der Waals surface area contributed by atoms with E-state index >= 15 is 0 Å². The minimum absolute atomic E-state index is 0. The van der Waals surface area contributed by atoms with E-state index in [2.05, 4.69) is 24.5 Å². The van der Waals surface area contributed by atoms with Crippen LogP contribution >= 0.6 is 0 Å². The molecule has 9 heavy (non-hydrogen) atoms. The van der Waals surface area contributed by atoms with Crippen LogP contribution in [-0.2, 0) is 0 Å². The summed E-state index contributed by atoms with van der Waals surface area (Å²) in [6.07, 6.45) is 0. The minimum Gasteiger partial charge on any atom is -0.314 e. The van der Waals surface area contributed by atoms with Crippen LogP contribution in [0.3, 0.4) is 0 Å². The van der Waals surface area contributed by atoms with Crippen LogP contribution in [0.2, 0.25) is 0 Å². The second kappa shape index (κ2) is 3.85. The molecule has 2 unspecified atom stereocenters. The zero-order valence-corrected chi connectivity index (χ0v) is 5.57. The molecule has 0 aromatic heterocycles. The van der Waals surface area contributed by atoms with Gasteiger partial charge >= 0.3 is 0 Å². The van der Waals surface area contributed by atoms with Gasteiger partial charge in [0.1, 0.15) is 0 Å². The van der Waals surface area contributed by atoms with Gasteiger partial charge < -0.3 is 10.6 Å². The van der Waals surface area contributed by atoms with Crippen molar-refractivity contribution in [2.75, 3.05) is 13.1 Å². The summed E-state index contributed by atoms with van der Waals surface area (Å²) in [5, 5.41) is 6.74. The smallest absolute Gasteiger partial charge is 0.0167 e. The Hall–Kier alpha value is -0.0800. The van der Waals surface area contributed by atoms with Crippen LogP contribution in [0.1, 0.15) is 21.3 Å². The van der Waals surface area contributed by atoms with Gasteiger partial charge in [0, 0.05) is 25.2 Å².